The summed E-state index contributed by atoms with van der Waals surface area (Å²) in [6.45, 7) is 26.9. The topological polar surface area (TPSA) is 563 Å². The van der Waals surface area contributed by atoms with Crippen molar-refractivity contribution in [3.05, 3.63) is 160 Å². The molecule has 37 nitrogen and oxygen atoms in total. The molecule has 598 valence electrons. The quantitative estimate of drug-likeness (QED) is 0.0633. The zero-order chi connectivity index (χ0) is 82.7. The number of carbonyl (C=O) groups is 12. The fourth-order valence-electron chi connectivity index (χ4n) is 12.0. The highest BCUT2D eigenvalue weighted by atomic mass is 32.2. The number of fused-ring (bicyclic) bond motifs is 7. The van der Waals surface area contributed by atoms with Gasteiger partial charge >= 0.3 is 5.97 Å². The number of hydrogen-bond donors (Lipinski definition) is 17. The van der Waals surface area contributed by atoms with Gasteiger partial charge in [0.05, 0.1) is 76.0 Å². The summed E-state index contributed by atoms with van der Waals surface area (Å²) in [7, 11) is 0. The standard InChI is InChI=1S/C71H81N19O18S5/c1-14-37-64-83-44(22-109-64)61(103)89-52(70(13,107)34(12)93)67-85-43(23-112-67)59(101)88-48-33(11)108-68(106)40-19-36(31(9)91)35-15-16-38(50(94)49(35)79-40)78-46(25(2)3)62(104)77-29(7)56(98)74-27(5)55(97)75-30(8)57(99)90-71(69-86-45(24-113-69)60(102)87-47(32(10)92)63(105)81-37)18-17-39(80-51(71)41-20-111-66(48)82-41)65-84-42(21-110-65)58(100)76-28(6)54(96)73-26(4)53(72)95/h14-16,19-21,23-25,30-34,38,44,46-48,50-52,78,91-94,107H,4-7,17-18,22H2,1-3,8-13H3,(H2,72,95)(H,73,96)(H,74,98)(H,75,97)(H,76,100)(H,77,104)(H,81,105)(H,87,102)(H,88,101)(H,89,103)(H,90,99)/b37-14-/t30-,31+,32+,33+,34+,38-,44+,46+,47+,48-,50+,51-,52+,70+,71+/m0/s1. The molecule has 4 aliphatic heterocycles. The first-order chi connectivity index (χ1) is 53.2. The molecule has 10 rings (SSSR count). The second-order valence-corrected chi connectivity index (χ2v) is 31.9. The Kier molecular flexibility index (Phi) is 26.0. The van der Waals surface area contributed by atoms with Gasteiger partial charge in [-0.05, 0) is 78.9 Å². The van der Waals surface area contributed by atoms with Crippen LogP contribution in [0, 0.1) is 5.92 Å². The van der Waals surface area contributed by atoms with Crippen LogP contribution in [0.25, 0.3) is 6.08 Å². The van der Waals surface area contributed by atoms with Crippen LogP contribution in [0.1, 0.15) is 190 Å². The van der Waals surface area contributed by atoms with Crippen molar-refractivity contribution in [2.24, 2.45) is 21.6 Å². The zero-order valence-corrected chi connectivity index (χ0v) is 66.0. The SMILES string of the molecule is C=C(NC(=O)C(=C)NC(=O)c1csc(C2=N[C@H]3c4csc(n4)[C@H]4NC(=O)c5csc(n5)[C@H]([C@](C)(O)[C@@H](C)O)NC(=O)[C@H]5CSC(=N5)/C(=C/C)NC(=O)[C@@H]([C@@H](C)O)NC(=O)c5csc(n5)[C@]3(CC2)NC(=O)[C@H](C)NC(=O)C(=C)NC(=O)C(=C)NC(=O)[C@@H](C(C)C)N[C@H]2C=Cc3c([C@@H](C)O)cc(nc3[C@@H]2O)C(=O)O[C@@H]4C)n1)C(N)=O. The predicted octanol–water partition coefficient (Wildman–Crippen LogP) is 0.509. The van der Waals surface area contributed by atoms with Gasteiger partial charge in [0.1, 0.15) is 107 Å². The van der Waals surface area contributed by atoms with Gasteiger partial charge in [0.2, 0.25) is 23.6 Å². The number of hydrogen-bond acceptors (Lipinski definition) is 31. The molecule has 9 heterocycles. The molecule has 0 fully saturated rings. The Balaban J connectivity index is 1.18. The summed E-state index contributed by atoms with van der Waals surface area (Å²) in [5.74, 6) is -12.7. The van der Waals surface area contributed by atoms with E-state index in [-0.39, 0.29) is 89.0 Å². The third-order valence-electron chi connectivity index (χ3n) is 18.7. The lowest BCUT2D eigenvalue weighted by Crippen LogP contribution is -2.57. The second-order valence-electron chi connectivity index (χ2n) is 27.4. The van der Waals surface area contributed by atoms with Gasteiger partial charge in [-0.3, -0.25) is 68.0 Å². The summed E-state index contributed by atoms with van der Waals surface area (Å²) in [6, 6.07) is -10.4. The first-order valence-electron chi connectivity index (χ1n) is 34.8. The van der Waals surface area contributed by atoms with E-state index < -0.39 is 201 Å². The zero-order valence-electron chi connectivity index (χ0n) is 61.9. The Morgan fingerprint density at radius 2 is 1.42 bits per heavy atom. The molecule has 0 saturated heterocycles. The number of primary amides is 1. The fourth-order valence-corrected chi connectivity index (χ4v) is 16.9. The molecule has 0 radical (unpaired) electrons. The van der Waals surface area contributed by atoms with E-state index in [4.69, 9.17) is 25.4 Å². The molecule has 0 unspecified atom stereocenters. The van der Waals surface area contributed by atoms with Crippen LogP contribution in [-0.2, 0) is 48.6 Å². The van der Waals surface area contributed by atoms with Gasteiger partial charge in [-0.1, -0.05) is 58.4 Å². The smallest absolute Gasteiger partial charge is 0.357 e. The number of ether oxygens (including phenoxy) is 1. The number of nitrogens with one attached hydrogen (secondary N) is 11. The summed E-state index contributed by atoms with van der Waals surface area (Å²) >= 11 is 4.39. The molecule has 42 heteroatoms. The number of aliphatic imine (C=N–C) groups is 2. The Hall–Kier alpha value is -10.8. The number of aromatic nitrogens is 5. The van der Waals surface area contributed by atoms with Crippen LogP contribution in [0.2, 0.25) is 0 Å². The monoisotopic (exact) mass is 1650 g/mol. The Morgan fingerprint density at radius 1 is 0.743 bits per heavy atom. The van der Waals surface area contributed by atoms with E-state index in [0.29, 0.717) is 0 Å². The van der Waals surface area contributed by atoms with Gasteiger partial charge in [0.25, 0.3) is 41.4 Å². The first kappa shape index (κ1) is 84.6. The van der Waals surface area contributed by atoms with Crippen LogP contribution in [-0.4, -0.2) is 192 Å². The van der Waals surface area contributed by atoms with Gasteiger partial charge in [0, 0.05) is 32.8 Å². The summed E-state index contributed by atoms with van der Waals surface area (Å²) < 4.78 is 6.24. The van der Waals surface area contributed by atoms with Crippen LogP contribution in [0.5, 0.6) is 0 Å². The second kappa shape index (κ2) is 34.7. The third kappa shape index (κ3) is 18.5. The molecule has 0 saturated carbocycles. The van der Waals surface area contributed by atoms with Crippen LogP contribution < -0.4 is 64.2 Å². The summed E-state index contributed by atoms with van der Waals surface area (Å²) in [6.07, 6.45) is -3.71. The van der Waals surface area contributed by atoms with E-state index in [9.17, 15) is 68.7 Å². The Bertz CT molecular complexity index is 4920. The maximum absolute atomic E-state index is 15.4. The number of esters is 1. The minimum absolute atomic E-state index is 0.0184. The number of aliphatic hydroxyl groups excluding tert-OH is 4. The molecular weight excluding hydrogens is 1570 g/mol. The number of aliphatic hydroxyl groups is 5. The average Bonchev–Trinajstić information content (AvgIpc) is 1.66. The van der Waals surface area contributed by atoms with Crippen molar-refractivity contribution in [1.82, 2.24) is 83.4 Å². The van der Waals surface area contributed by atoms with Gasteiger partial charge in [0.15, 0.2) is 0 Å². The highest BCUT2D eigenvalue weighted by molar-refractivity contribution is 8.14. The molecule has 5 aliphatic rings. The van der Waals surface area contributed by atoms with E-state index in [1.54, 1.807) is 20.8 Å². The minimum atomic E-state index is -2.21. The lowest BCUT2D eigenvalue weighted by atomic mass is 9.80. The molecule has 0 aromatic carbocycles. The summed E-state index contributed by atoms with van der Waals surface area (Å²) in [4.78, 5) is 203. The highest BCUT2D eigenvalue weighted by Gasteiger charge is 2.51. The van der Waals surface area contributed by atoms with Crippen molar-refractivity contribution >= 4 is 145 Å². The predicted molar refractivity (Wildman–Crippen MR) is 413 cm³/mol. The average molecular weight is 1650 g/mol. The van der Waals surface area contributed by atoms with Gasteiger partial charge < -0.3 is 89.2 Å². The maximum Gasteiger partial charge on any atom is 0.357 e. The number of pyridine rings is 1. The number of allylic oxidation sites excluding steroid dienone is 1. The number of amides is 11. The summed E-state index contributed by atoms with van der Waals surface area (Å²) in [5.41, 5.74) is -2.56. The number of carbonyl (C=O) groups excluding carboxylic acids is 12. The molecule has 0 spiro atoms. The van der Waals surface area contributed by atoms with Gasteiger partial charge in [-0.15, -0.1) is 57.1 Å². The van der Waals surface area contributed by atoms with E-state index in [0.717, 1.165) is 57.1 Å². The normalized spacial score (nSPS) is 26.1. The largest absolute Gasteiger partial charge is 0.455 e. The molecular formula is C71H81N19O18S5. The third-order valence-corrected chi connectivity index (χ3v) is 23.6. The van der Waals surface area contributed by atoms with E-state index in [1.165, 1.54) is 87.4 Å². The lowest BCUT2D eigenvalue weighted by molar-refractivity contribution is -0.129. The highest BCUT2D eigenvalue weighted by Crippen LogP contribution is 2.48. The number of thiazole rings is 4. The van der Waals surface area contributed by atoms with Crippen molar-refractivity contribution in [1.29, 1.82) is 0 Å². The number of cyclic esters (lactones) is 1. The molecule has 113 heavy (non-hydrogen) atoms. The number of thioether (sulfide) groups is 1. The van der Waals surface area contributed by atoms with Gasteiger partial charge in [-0.2, -0.15) is 0 Å². The molecule has 1 aliphatic carbocycles. The van der Waals surface area contributed by atoms with Crippen LogP contribution >= 0.6 is 57.1 Å². The maximum atomic E-state index is 15.4. The first-order valence-corrected chi connectivity index (χ1v) is 39.3. The van der Waals surface area contributed by atoms with E-state index in [2.05, 4.69) is 105 Å². The number of rotatable bonds is 11. The van der Waals surface area contributed by atoms with E-state index in [1.807, 2.05) is 0 Å². The molecule has 13 bridgehead atoms. The van der Waals surface area contributed by atoms with Crippen LogP contribution in [0.15, 0.2) is 105 Å². The van der Waals surface area contributed by atoms with Crippen molar-refractivity contribution in [3.8, 4) is 0 Å². The number of nitrogens with zero attached hydrogens (tertiary/aromatic N) is 7. The van der Waals surface area contributed by atoms with Crippen molar-refractivity contribution < 1.29 is 87.8 Å². The molecule has 15 atom stereocenters. The van der Waals surface area contributed by atoms with Crippen LogP contribution in [0.4, 0.5) is 0 Å². The Morgan fingerprint density at radius 3 is 2.09 bits per heavy atom. The van der Waals surface area contributed by atoms with Crippen LogP contribution in [0.3, 0.4) is 0 Å². The summed E-state index contributed by atoms with van der Waals surface area (Å²) in [5, 5.41) is 91.5. The molecule has 5 aromatic rings. The molecule has 18 N–H and O–H groups in total. The number of nitrogens with two attached hydrogens (primary N) is 1. The van der Waals surface area contributed by atoms with Crippen molar-refractivity contribution in [2.75, 3.05) is 5.75 Å². The van der Waals surface area contributed by atoms with Crippen molar-refractivity contribution in [2.45, 2.75) is 165 Å². The van der Waals surface area contributed by atoms with Gasteiger partial charge in [-0.25, -0.2) is 29.7 Å². The fraction of sp³-hybridized carbons (Fsp3) is 0.394. The molecule has 11 amide bonds. The van der Waals surface area contributed by atoms with Crippen molar-refractivity contribution in [3.63, 3.8) is 0 Å². The minimum Gasteiger partial charge on any atom is -0.455 e. The molecule has 5 aromatic heterocycles. The lowest BCUT2D eigenvalue weighted by Gasteiger charge is -2.41. The van der Waals surface area contributed by atoms with E-state index >= 15 is 14.4 Å². The Labute approximate surface area is 664 Å².